The van der Waals surface area contributed by atoms with Crippen LogP contribution in [-0.4, -0.2) is 15.8 Å². The van der Waals surface area contributed by atoms with E-state index in [-0.39, 0.29) is 0 Å². The quantitative estimate of drug-likeness (QED) is 0.873. The predicted molar refractivity (Wildman–Crippen MR) is 88.6 cm³/mol. The van der Waals surface area contributed by atoms with E-state index in [4.69, 9.17) is 0 Å². The Morgan fingerprint density at radius 3 is 2.33 bits per heavy atom. The highest BCUT2D eigenvalue weighted by Crippen LogP contribution is 2.16. The van der Waals surface area contributed by atoms with E-state index in [9.17, 15) is 0 Å². The van der Waals surface area contributed by atoms with Crippen LogP contribution in [0.5, 0.6) is 0 Å². The molecule has 114 valence electrons. The van der Waals surface area contributed by atoms with Crippen molar-refractivity contribution in [2.24, 2.45) is 0 Å². The molecule has 0 radical (unpaired) electrons. The summed E-state index contributed by atoms with van der Waals surface area (Å²) >= 11 is 0. The van der Waals surface area contributed by atoms with Crippen LogP contribution in [0.2, 0.25) is 0 Å². The van der Waals surface area contributed by atoms with Gasteiger partial charge >= 0.3 is 0 Å². The Labute approximate surface area is 128 Å². The van der Waals surface area contributed by atoms with E-state index < -0.39 is 0 Å². The minimum Gasteiger partial charge on any atom is -0.310 e. The maximum atomic E-state index is 4.52. The van der Waals surface area contributed by atoms with Crippen molar-refractivity contribution in [3.05, 3.63) is 52.8 Å². The monoisotopic (exact) mass is 285 g/mol. The largest absolute Gasteiger partial charge is 0.310 e. The second kappa shape index (κ2) is 6.90. The summed E-state index contributed by atoms with van der Waals surface area (Å²) in [5.41, 5.74) is 5.21. The summed E-state index contributed by atoms with van der Waals surface area (Å²) in [5.74, 6) is 0.583. The van der Waals surface area contributed by atoms with Crippen LogP contribution in [0.1, 0.15) is 56.0 Å². The normalized spacial score (nSPS) is 11.6. The molecule has 0 spiro atoms. The number of nitrogens with zero attached hydrogens (tertiary/aromatic N) is 2. The Hall–Kier alpha value is -1.61. The van der Waals surface area contributed by atoms with Crippen LogP contribution < -0.4 is 5.32 Å². The first-order valence-corrected chi connectivity index (χ1v) is 7.81. The molecule has 0 saturated heterocycles. The summed E-state index contributed by atoms with van der Waals surface area (Å²) in [6.45, 7) is 12.6. The third-order valence-corrected chi connectivity index (χ3v) is 3.88. The van der Waals surface area contributed by atoms with Crippen LogP contribution in [0.4, 0.5) is 0 Å². The van der Waals surface area contributed by atoms with Gasteiger partial charge in [-0.2, -0.15) is 5.10 Å². The lowest BCUT2D eigenvalue weighted by atomic mass is 10.0. The van der Waals surface area contributed by atoms with Crippen molar-refractivity contribution in [1.29, 1.82) is 0 Å². The van der Waals surface area contributed by atoms with E-state index in [2.05, 4.69) is 74.0 Å². The Bertz CT molecular complexity index is 565. The van der Waals surface area contributed by atoms with Gasteiger partial charge in [0.15, 0.2) is 0 Å². The van der Waals surface area contributed by atoms with Gasteiger partial charge in [-0.3, -0.25) is 4.68 Å². The highest BCUT2D eigenvalue weighted by molar-refractivity contribution is 5.25. The zero-order valence-electron chi connectivity index (χ0n) is 13.9. The second-order valence-corrected chi connectivity index (χ2v) is 6.34. The van der Waals surface area contributed by atoms with Gasteiger partial charge in [-0.25, -0.2) is 0 Å². The Kier molecular flexibility index (Phi) is 5.18. The van der Waals surface area contributed by atoms with Gasteiger partial charge in [0.2, 0.25) is 0 Å². The number of hydrogen-bond acceptors (Lipinski definition) is 2. The van der Waals surface area contributed by atoms with Gasteiger partial charge in [0.05, 0.1) is 12.7 Å². The third-order valence-electron chi connectivity index (χ3n) is 3.88. The average Bonchev–Trinajstić information content (AvgIpc) is 2.78. The van der Waals surface area contributed by atoms with E-state index in [1.807, 2.05) is 6.20 Å². The summed E-state index contributed by atoms with van der Waals surface area (Å²) in [5, 5.41) is 7.97. The molecule has 0 fully saturated rings. The lowest BCUT2D eigenvalue weighted by molar-refractivity contribution is 0.585. The molecule has 0 aliphatic carbocycles. The fraction of sp³-hybridized carbons (Fsp3) is 0.500. The molecule has 1 heterocycles. The average molecular weight is 285 g/mol. The third kappa shape index (κ3) is 4.18. The van der Waals surface area contributed by atoms with Crippen molar-refractivity contribution in [2.45, 2.75) is 59.7 Å². The number of hydrogen-bond donors (Lipinski definition) is 1. The van der Waals surface area contributed by atoms with E-state index in [1.54, 1.807) is 0 Å². The van der Waals surface area contributed by atoms with Crippen LogP contribution in [0.15, 0.2) is 30.5 Å². The van der Waals surface area contributed by atoms with Crippen LogP contribution >= 0.6 is 0 Å². The van der Waals surface area contributed by atoms with Crippen LogP contribution in [0.25, 0.3) is 0 Å². The molecule has 3 nitrogen and oxygen atoms in total. The molecule has 0 saturated carbocycles. The molecule has 1 N–H and O–H groups in total. The molecule has 0 amide bonds. The van der Waals surface area contributed by atoms with Crippen molar-refractivity contribution in [3.63, 3.8) is 0 Å². The summed E-state index contributed by atoms with van der Waals surface area (Å²) in [4.78, 5) is 0. The lowest BCUT2D eigenvalue weighted by Gasteiger charge is -2.10. The van der Waals surface area contributed by atoms with Crippen molar-refractivity contribution < 1.29 is 0 Å². The van der Waals surface area contributed by atoms with Gasteiger partial charge in [-0.05, 0) is 24.0 Å². The number of aromatic nitrogens is 2. The molecule has 2 rings (SSSR count). The zero-order valence-corrected chi connectivity index (χ0v) is 13.9. The number of nitrogens with one attached hydrogen (secondary N) is 1. The topological polar surface area (TPSA) is 29.9 Å². The molecular formula is C18H27N3. The smallest absolute Gasteiger partial charge is 0.0662 e. The lowest BCUT2D eigenvalue weighted by Crippen LogP contribution is -2.22. The first-order chi connectivity index (χ1) is 9.97. The molecule has 1 aromatic carbocycles. The van der Waals surface area contributed by atoms with Crippen LogP contribution in [-0.2, 0) is 13.1 Å². The fourth-order valence-corrected chi connectivity index (χ4v) is 2.31. The Morgan fingerprint density at radius 1 is 1.10 bits per heavy atom. The molecule has 3 heteroatoms. The van der Waals surface area contributed by atoms with Crippen LogP contribution in [0, 0.1) is 6.92 Å². The first-order valence-electron chi connectivity index (χ1n) is 7.81. The maximum Gasteiger partial charge on any atom is 0.0662 e. The second-order valence-electron chi connectivity index (χ2n) is 6.34. The molecule has 21 heavy (non-hydrogen) atoms. The van der Waals surface area contributed by atoms with Gasteiger partial charge in [0.25, 0.3) is 0 Å². The summed E-state index contributed by atoms with van der Waals surface area (Å²) < 4.78 is 2.09. The molecule has 0 unspecified atom stereocenters. The van der Waals surface area contributed by atoms with Crippen molar-refractivity contribution >= 4 is 0 Å². The van der Waals surface area contributed by atoms with Crippen molar-refractivity contribution in [2.75, 3.05) is 0 Å². The van der Waals surface area contributed by atoms with Gasteiger partial charge in [0.1, 0.15) is 0 Å². The minimum atomic E-state index is 0.497. The van der Waals surface area contributed by atoms with Gasteiger partial charge < -0.3 is 5.32 Å². The number of benzene rings is 1. The van der Waals surface area contributed by atoms with Gasteiger partial charge in [-0.15, -0.1) is 0 Å². The first kappa shape index (κ1) is 15.8. The minimum absolute atomic E-state index is 0.497. The molecule has 2 aromatic rings. The van der Waals surface area contributed by atoms with Crippen molar-refractivity contribution in [3.8, 4) is 0 Å². The van der Waals surface area contributed by atoms with E-state index in [0.717, 1.165) is 13.1 Å². The summed E-state index contributed by atoms with van der Waals surface area (Å²) in [6.07, 6.45) is 1.98. The van der Waals surface area contributed by atoms with Gasteiger partial charge in [0, 0.05) is 23.8 Å². The van der Waals surface area contributed by atoms with E-state index >= 15 is 0 Å². The summed E-state index contributed by atoms with van der Waals surface area (Å²) in [6, 6.07) is 9.36. The van der Waals surface area contributed by atoms with Gasteiger partial charge in [-0.1, -0.05) is 52.0 Å². The SMILES string of the molecule is Cc1c(CNC(C)C)cnn1Cc1ccc(C(C)C)cc1. The van der Waals surface area contributed by atoms with Crippen molar-refractivity contribution in [1.82, 2.24) is 15.1 Å². The molecule has 0 bridgehead atoms. The highest BCUT2D eigenvalue weighted by Gasteiger charge is 2.07. The highest BCUT2D eigenvalue weighted by atomic mass is 15.3. The zero-order chi connectivity index (χ0) is 15.4. The fourth-order valence-electron chi connectivity index (χ4n) is 2.31. The maximum absolute atomic E-state index is 4.52. The van der Waals surface area contributed by atoms with E-state index in [1.165, 1.54) is 22.4 Å². The molecule has 0 aliphatic rings. The molecule has 0 aliphatic heterocycles. The Balaban J connectivity index is 2.06. The molecular weight excluding hydrogens is 258 g/mol. The predicted octanol–water partition coefficient (Wildman–Crippen LogP) is 3.86. The molecule has 0 atom stereocenters. The van der Waals surface area contributed by atoms with Crippen LogP contribution in [0.3, 0.4) is 0 Å². The number of rotatable bonds is 6. The van der Waals surface area contributed by atoms with E-state index in [0.29, 0.717) is 12.0 Å². The standard InChI is InChI=1S/C18H27N3/c1-13(2)17-8-6-16(7-9-17)12-21-15(5)18(11-20-21)10-19-14(3)4/h6-9,11,13-14,19H,10,12H2,1-5H3. The molecule has 1 aromatic heterocycles. The Morgan fingerprint density at radius 2 is 1.76 bits per heavy atom. The summed E-state index contributed by atoms with van der Waals surface area (Å²) in [7, 11) is 0.